The Morgan fingerprint density at radius 1 is 1.33 bits per heavy atom. The normalized spacial score (nSPS) is 11.1. The van der Waals surface area contributed by atoms with E-state index in [1.165, 1.54) is 11.1 Å². The monoisotopic (exact) mass is 244 g/mol. The topological polar surface area (TPSA) is 47.1 Å². The minimum atomic E-state index is 0.827. The van der Waals surface area contributed by atoms with Crippen molar-refractivity contribution < 1.29 is 0 Å². The highest BCUT2D eigenvalue weighted by molar-refractivity contribution is 5.40. The smallest absolute Gasteiger partial charge is 0.0522 e. The molecular weight excluding hydrogens is 224 g/mol. The SMILES string of the molecule is CN(CCc1cnn(C)c1)Cc1cccc(N)c1. The predicted octanol–water partition coefficient (Wildman–Crippen LogP) is 1.68. The van der Waals surface area contributed by atoms with Crippen LogP contribution in [-0.2, 0) is 20.0 Å². The molecule has 96 valence electrons. The second-order valence-corrected chi connectivity index (χ2v) is 4.76. The third-order valence-corrected chi connectivity index (χ3v) is 2.94. The van der Waals surface area contributed by atoms with Crippen LogP contribution in [0.25, 0.3) is 0 Å². The maximum absolute atomic E-state index is 5.77. The number of hydrogen-bond acceptors (Lipinski definition) is 3. The van der Waals surface area contributed by atoms with Gasteiger partial charge in [-0.25, -0.2) is 0 Å². The lowest BCUT2D eigenvalue weighted by Crippen LogP contribution is -2.20. The number of aromatic nitrogens is 2. The molecule has 0 fully saturated rings. The molecule has 1 aromatic heterocycles. The first-order valence-electron chi connectivity index (χ1n) is 6.14. The molecule has 0 saturated carbocycles. The average Bonchev–Trinajstić information content (AvgIpc) is 2.73. The number of nitrogens with zero attached hydrogens (tertiary/aromatic N) is 3. The highest BCUT2D eigenvalue weighted by Crippen LogP contribution is 2.09. The summed E-state index contributed by atoms with van der Waals surface area (Å²) >= 11 is 0. The fourth-order valence-corrected chi connectivity index (χ4v) is 2.00. The van der Waals surface area contributed by atoms with E-state index in [1.807, 2.05) is 36.1 Å². The van der Waals surface area contributed by atoms with Crippen LogP contribution in [0.3, 0.4) is 0 Å². The largest absolute Gasteiger partial charge is 0.399 e. The van der Waals surface area contributed by atoms with E-state index in [1.54, 1.807) is 0 Å². The maximum Gasteiger partial charge on any atom is 0.0522 e. The van der Waals surface area contributed by atoms with Gasteiger partial charge in [0.2, 0.25) is 0 Å². The van der Waals surface area contributed by atoms with Crippen molar-refractivity contribution in [3.05, 3.63) is 47.8 Å². The Morgan fingerprint density at radius 2 is 2.17 bits per heavy atom. The Balaban J connectivity index is 1.83. The van der Waals surface area contributed by atoms with Crippen molar-refractivity contribution in [1.82, 2.24) is 14.7 Å². The third kappa shape index (κ3) is 3.60. The van der Waals surface area contributed by atoms with E-state index in [9.17, 15) is 0 Å². The summed E-state index contributed by atoms with van der Waals surface area (Å²) in [6.07, 6.45) is 5.01. The van der Waals surface area contributed by atoms with E-state index >= 15 is 0 Å². The number of anilines is 1. The summed E-state index contributed by atoms with van der Waals surface area (Å²) in [5.74, 6) is 0. The predicted molar refractivity (Wildman–Crippen MR) is 74.1 cm³/mol. The molecule has 0 aliphatic heterocycles. The minimum Gasteiger partial charge on any atom is -0.399 e. The first kappa shape index (κ1) is 12.6. The summed E-state index contributed by atoms with van der Waals surface area (Å²) in [5, 5.41) is 4.17. The van der Waals surface area contributed by atoms with Gasteiger partial charge < -0.3 is 10.6 Å². The highest BCUT2D eigenvalue weighted by atomic mass is 15.2. The maximum atomic E-state index is 5.77. The second kappa shape index (κ2) is 5.69. The van der Waals surface area contributed by atoms with Gasteiger partial charge in [0.05, 0.1) is 6.20 Å². The van der Waals surface area contributed by atoms with Crippen molar-refractivity contribution in [2.45, 2.75) is 13.0 Å². The van der Waals surface area contributed by atoms with Crippen LogP contribution in [0.4, 0.5) is 5.69 Å². The Hall–Kier alpha value is -1.81. The summed E-state index contributed by atoms with van der Waals surface area (Å²) in [6, 6.07) is 8.05. The van der Waals surface area contributed by atoms with Crippen molar-refractivity contribution in [2.24, 2.45) is 7.05 Å². The van der Waals surface area contributed by atoms with Gasteiger partial charge in [0, 0.05) is 32.0 Å². The van der Waals surface area contributed by atoms with E-state index < -0.39 is 0 Å². The molecule has 0 aliphatic rings. The number of nitrogen functional groups attached to an aromatic ring is 1. The molecule has 18 heavy (non-hydrogen) atoms. The number of rotatable bonds is 5. The van der Waals surface area contributed by atoms with Gasteiger partial charge >= 0.3 is 0 Å². The van der Waals surface area contributed by atoms with Gasteiger partial charge in [-0.3, -0.25) is 4.68 Å². The Bertz CT molecular complexity index is 504. The van der Waals surface area contributed by atoms with E-state index in [4.69, 9.17) is 5.73 Å². The lowest BCUT2D eigenvalue weighted by atomic mass is 10.2. The first-order valence-corrected chi connectivity index (χ1v) is 6.14. The molecule has 2 N–H and O–H groups in total. The number of likely N-dealkylation sites (N-methyl/N-ethyl adjacent to an activating group) is 1. The highest BCUT2D eigenvalue weighted by Gasteiger charge is 2.02. The van der Waals surface area contributed by atoms with Crippen LogP contribution in [0.15, 0.2) is 36.7 Å². The van der Waals surface area contributed by atoms with Crippen LogP contribution in [0.1, 0.15) is 11.1 Å². The van der Waals surface area contributed by atoms with Gasteiger partial charge in [0.25, 0.3) is 0 Å². The number of benzene rings is 1. The summed E-state index contributed by atoms with van der Waals surface area (Å²) in [6.45, 7) is 1.94. The van der Waals surface area contributed by atoms with Crippen molar-refractivity contribution >= 4 is 5.69 Å². The van der Waals surface area contributed by atoms with Gasteiger partial charge in [0.1, 0.15) is 0 Å². The van der Waals surface area contributed by atoms with Gasteiger partial charge in [-0.1, -0.05) is 12.1 Å². The zero-order valence-electron chi connectivity index (χ0n) is 11.0. The number of hydrogen-bond donors (Lipinski definition) is 1. The fourth-order valence-electron chi connectivity index (χ4n) is 2.00. The molecule has 0 saturated heterocycles. The Labute approximate surface area is 108 Å². The Morgan fingerprint density at radius 3 is 2.83 bits per heavy atom. The van der Waals surface area contributed by atoms with Crippen LogP contribution < -0.4 is 5.73 Å². The van der Waals surface area contributed by atoms with Gasteiger partial charge in [-0.2, -0.15) is 5.10 Å². The first-order chi connectivity index (χ1) is 8.63. The number of nitrogens with two attached hydrogens (primary N) is 1. The molecule has 2 rings (SSSR count). The molecule has 4 nitrogen and oxygen atoms in total. The van der Waals surface area contributed by atoms with Crippen LogP contribution in [0, 0.1) is 0 Å². The van der Waals surface area contributed by atoms with Crippen LogP contribution in [0.5, 0.6) is 0 Å². The van der Waals surface area contributed by atoms with E-state index in [0.29, 0.717) is 0 Å². The van der Waals surface area contributed by atoms with Crippen LogP contribution >= 0.6 is 0 Å². The molecule has 0 aliphatic carbocycles. The summed E-state index contributed by atoms with van der Waals surface area (Å²) in [4.78, 5) is 2.29. The lowest BCUT2D eigenvalue weighted by molar-refractivity contribution is 0.331. The fraction of sp³-hybridized carbons (Fsp3) is 0.357. The lowest BCUT2D eigenvalue weighted by Gasteiger charge is -2.16. The van der Waals surface area contributed by atoms with E-state index in [0.717, 1.165) is 25.2 Å². The van der Waals surface area contributed by atoms with Gasteiger partial charge in [-0.05, 0) is 36.7 Å². The van der Waals surface area contributed by atoms with Gasteiger partial charge in [-0.15, -0.1) is 0 Å². The third-order valence-electron chi connectivity index (χ3n) is 2.94. The summed E-state index contributed by atoms with van der Waals surface area (Å²) < 4.78 is 1.84. The minimum absolute atomic E-state index is 0.827. The zero-order valence-corrected chi connectivity index (χ0v) is 11.0. The molecule has 1 heterocycles. The van der Waals surface area contributed by atoms with Crippen LogP contribution in [0.2, 0.25) is 0 Å². The molecule has 0 radical (unpaired) electrons. The molecule has 1 aromatic carbocycles. The zero-order chi connectivity index (χ0) is 13.0. The molecule has 0 amide bonds. The standard InChI is InChI=1S/C14H20N4/c1-17(7-6-13-9-16-18(2)11-13)10-12-4-3-5-14(15)8-12/h3-5,8-9,11H,6-7,10,15H2,1-2H3. The molecule has 4 heteroatoms. The van der Waals surface area contributed by atoms with Gasteiger partial charge in [0.15, 0.2) is 0 Å². The number of aryl methyl sites for hydroxylation is 1. The van der Waals surface area contributed by atoms with Crippen molar-refractivity contribution in [3.8, 4) is 0 Å². The van der Waals surface area contributed by atoms with E-state index in [2.05, 4.69) is 29.3 Å². The van der Waals surface area contributed by atoms with Crippen LogP contribution in [-0.4, -0.2) is 28.3 Å². The summed E-state index contributed by atoms with van der Waals surface area (Å²) in [5.41, 5.74) is 9.13. The average molecular weight is 244 g/mol. The van der Waals surface area contributed by atoms with Crippen molar-refractivity contribution in [1.29, 1.82) is 0 Å². The van der Waals surface area contributed by atoms with Crippen molar-refractivity contribution in [2.75, 3.05) is 19.3 Å². The summed E-state index contributed by atoms with van der Waals surface area (Å²) in [7, 11) is 4.07. The van der Waals surface area contributed by atoms with E-state index in [-0.39, 0.29) is 0 Å². The molecule has 0 bridgehead atoms. The molecule has 0 spiro atoms. The quantitative estimate of drug-likeness (QED) is 0.814. The molecule has 2 aromatic rings. The second-order valence-electron chi connectivity index (χ2n) is 4.76. The molecule has 0 unspecified atom stereocenters. The molecular formula is C14H20N4. The Kier molecular flexibility index (Phi) is 3.99. The van der Waals surface area contributed by atoms with Crippen molar-refractivity contribution in [3.63, 3.8) is 0 Å². The molecule has 0 atom stereocenters.